The Morgan fingerprint density at radius 3 is 2.22 bits per heavy atom. The van der Waals surface area contributed by atoms with Gasteiger partial charge in [0.25, 0.3) is 0 Å². The van der Waals surface area contributed by atoms with E-state index in [4.69, 9.17) is 0 Å². The third kappa shape index (κ3) is 4.85. The lowest BCUT2D eigenvalue weighted by atomic mass is 9.93. The summed E-state index contributed by atoms with van der Waals surface area (Å²) in [4.78, 5) is 14.8. The maximum absolute atomic E-state index is 12.6. The summed E-state index contributed by atoms with van der Waals surface area (Å²) >= 11 is 0. The largest absolute Gasteiger partial charge is 0.324 e. The maximum atomic E-state index is 12.6. The molecule has 0 bridgehead atoms. The fraction of sp³-hybridized carbons (Fsp3) is 0.333. The van der Waals surface area contributed by atoms with E-state index in [1.807, 2.05) is 47.7 Å². The van der Waals surface area contributed by atoms with Crippen molar-refractivity contribution in [3.05, 3.63) is 71.5 Å². The van der Waals surface area contributed by atoms with Gasteiger partial charge < -0.3 is 10.2 Å². The van der Waals surface area contributed by atoms with Crippen LogP contribution in [0.15, 0.2) is 59.5 Å². The van der Waals surface area contributed by atoms with Crippen LogP contribution in [0.3, 0.4) is 0 Å². The monoisotopic (exact) mass is 452 g/mol. The quantitative estimate of drug-likeness (QED) is 0.640. The normalized spacial score (nSPS) is 15.0. The molecule has 0 radical (unpaired) electrons. The topological polar surface area (TPSA) is 84.3 Å². The fourth-order valence-corrected chi connectivity index (χ4v) is 4.70. The third-order valence-electron chi connectivity index (χ3n) is 5.87. The van der Waals surface area contributed by atoms with Gasteiger partial charge in [0.1, 0.15) is 0 Å². The van der Waals surface area contributed by atoms with Crippen LogP contribution in [0.2, 0.25) is 0 Å². The molecule has 168 valence electrons. The number of nitrogens with one attached hydrogen (secondary N) is 1. The number of likely N-dealkylation sites (tertiary alicyclic amines) is 1. The van der Waals surface area contributed by atoms with Gasteiger partial charge >= 0.3 is 6.03 Å². The van der Waals surface area contributed by atoms with Crippen molar-refractivity contribution in [2.45, 2.75) is 37.5 Å². The van der Waals surface area contributed by atoms with Crippen molar-refractivity contribution in [2.75, 3.05) is 24.7 Å². The second-order valence-corrected chi connectivity index (χ2v) is 10.5. The standard InChI is InChI=1S/C24H28N4O3S/c1-17-4-6-20(7-5-17)25-24(29)27-14-12-19(13-15-27)23-16-18(2)26-28(23)21-8-10-22(11-9-21)32(3,30)31/h4-11,16,19H,12-15H2,1-3H3,(H,25,29). The van der Waals surface area contributed by atoms with Gasteiger partial charge in [0.2, 0.25) is 0 Å². The lowest BCUT2D eigenvalue weighted by Crippen LogP contribution is -2.40. The Balaban J connectivity index is 1.45. The number of carbonyl (C=O) groups excluding carboxylic acids is 1. The molecule has 0 aliphatic carbocycles. The van der Waals surface area contributed by atoms with Crippen molar-refractivity contribution in [2.24, 2.45) is 0 Å². The van der Waals surface area contributed by atoms with Crippen molar-refractivity contribution >= 4 is 21.6 Å². The number of nitrogens with zero attached hydrogens (tertiary/aromatic N) is 3. The lowest BCUT2D eigenvalue weighted by molar-refractivity contribution is 0.193. The summed E-state index contributed by atoms with van der Waals surface area (Å²) in [7, 11) is -3.24. The van der Waals surface area contributed by atoms with Crippen LogP contribution in [0.1, 0.15) is 35.7 Å². The van der Waals surface area contributed by atoms with E-state index in [9.17, 15) is 13.2 Å². The van der Waals surface area contributed by atoms with E-state index in [2.05, 4.69) is 16.5 Å². The Morgan fingerprint density at radius 1 is 1.00 bits per heavy atom. The molecule has 2 amide bonds. The number of aryl methyl sites for hydroxylation is 2. The van der Waals surface area contributed by atoms with E-state index in [0.717, 1.165) is 41.2 Å². The smallest absolute Gasteiger partial charge is 0.321 e. The summed E-state index contributed by atoms with van der Waals surface area (Å²) in [6.45, 7) is 5.30. The number of sulfone groups is 1. The number of aromatic nitrogens is 2. The van der Waals surface area contributed by atoms with Crippen LogP contribution >= 0.6 is 0 Å². The Hall–Kier alpha value is -3.13. The number of anilines is 1. The first kappa shape index (κ1) is 22.1. The van der Waals surface area contributed by atoms with Gasteiger partial charge in [-0.1, -0.05) is 17.7 Å². The number of piperidine rings is 1. The number of hydrogen-bond donors (Lipinski definition) is 1. The number of carbonyl (C=O) groups is 1. The van der Waals surface area contributed by atoms with Gasteiger partial charge in [-0.25, -0.2) is 17.9 Å². The van der Waals surface area contributed by atoms with Crippen molar-refractivity contribution in [1.82, 2.24) is 14.7 Å². The molecule has 8 heteroatoms. The van der Waals surface area contributed by atoms with Crippen molar-refractivity contribution in [1.29, 1.82) is 0 Å². The summed E-state index contributed by atoms with van der Waals surface area (Å²) in [6, 6.07) is 16.6. The van der Waals surface area contributed by atoms with Crippen LogP contribution in [0.5, 0.6) is 0 Å². The van der Waals surface area contributed by atoms with Crippen molar-refractivity contribution in [3.8, 4) is 5.69 Å². The molecule has 1 aliphatic heterocycles. The van der Waals surface area contributed by atoms with E-state index >= 15 is 0 Å². The zero-order valence-electron chi connectivity index (χ0n) is 18.6. The first-order chi connectivity index (χ1) is 15.2. The minimum absolute atomic E-state index is 0.0756. The molecule has 2 heterocycles. The minimum Gasteiger partial charge on any atom is -0.324 e. The third-order valence-corrected chi connectivity index (χ3v) is 7.00. The molecule has 7 nitrogen and oxygen atoms in total. The first-order valence-electron chi connectivity index (χ1n) is 10.7. The minimum atomic E-state index is -3.24. The Labute approximate surface area is 189 Å². The molecular formula is C24H28N4O3S. The summed E-state index contributed by atoms with van der Waals surface area (Å²) in [5.41, 5.74) is 4.79. The molecule has 1 fully saturated rings. The van der Waals surface area contributed by atoms with Crippen molar-refractivity contribution in [3.63, 3.8) is 0 Å². The van der Waals surface area contributed by atoms with Gasteiger partial charge in [0.05, 0.1) is 16.3 Å². The van der Waals surface area contributed by atoms with Crippen LogP contribution < -0.4 is 5.32 Å². The zero-order chi connectivity index (χ0) is 22.9. The van der Waals surface area contributed by atoms with Gasteiger partial charge in [-0.05, 0) is 69.2 Å². The van der Waals surface area contributed by atoms with Gasteiger partial charge in [0.15, 0.2) is 9.84 Å². The highest BCUT2D eigenvalue weighted by molar-refractivity contribution is 7.90. The van der Waals surface area contributed by atoms with Crippen LogP contribution in [0, 0.1) is 13.8 Å². The van der Waals surface area contributed by atoms with E-state index in [1.54, 1.807) is 24.3 Å². The molecule has 4 rings (SSSR count). The van der Waals surface area contributed by atoms with Crippen LogP contribution in [-0.4, -0.2) is 48.5 Å². The molecule has 32 heavy (non-hydrogen) atoms. The summed E-state index contributed by atoms with van der Waals surface area (Å²) in [5, 5.41) is 7.61. The molecule has 1 aromatic heterocycles. The van der Waals surface area contributed by atoms with E-state index in [-0.39, 0.29) is 11.9 Å². The molecular weight excluding hydrogens is 424 g/mol. The highest BCUT2D eigenvalue weighted by Gasteiger charge is 2.27. The molecule has 0 spiro atoms. The molecule has 0 unspecified atom stereocenters. The summed E-state index contributed by atoms with van der Waals surface area (Å²) < 4.78 is 25.4. The second-order valence-electron chi connectivity index (χ2n) is 8.45. The van der Waals surface area contributed by atoms with Crippen LogP contribution in [0.4, 0.5) is 10.5 Å². The first-order valence-corrected chi connectivity index (χ1v) is 12.6. The van der Waals surface area contributed by atoms with Crippen LogP contribution in [-0.2, 0) is 9.84 Å². The highest BCUT2D eigenvalue weighted by atomic mass is 32.2. The second kappa shape index (κ2) is 8.78. The SMILES string of the molecule is Cc1ccc(NC(=O)N2CCC(c3cc(C)nn3-c3ccc(S(C)(=O)=O)cc3)CC2)cc1. The number of amides is 2. The Morgan fingerprint density at radius 2 is 1.62 bits per heavy atom. The van der Waals surface area contributed by atoms with Gasteiger partial charge in [0, 0.05) is 36.6 Å². The van der Waals surface area contributed by atoms with Gasteiger partial charge in [-0.2, -0.15) is 5.10 Å². The lowest BCUT2D eigenvalue weighted by Gasteiger charge is -2.32. The van der Waals surface area contributed by atoms with Gasteiger partial charge in [-0.3, -0.25) is 0 Å². The average Bonchev–Trinajstić information content (AvgIpc) is 3.16. The Kier molecular flexibility index (Phi) is 6.06. The number of benzene rings is 2. The molecule has 0 atom stereocenters. The molecule has 0 saturated carbocycles. The van der Waals surface area contributed by atoms with Crippen molar-refractivity contribution < 1.29 is 13.2 Å². The molecule has 2 aromatic carbocycles. The zero-order valence-corrected chi connectivity index (χ0v) is 19.4. The Bertz CT molecular complexity index is 1210. The molecule has 1 N–H and O–H groups in total. The summed E-state index contributed by atoms with van der Waals surface area (Å²) in [5.74, 6) is 0.272. The van der Waals surface area contributed by atoms with Crippen LogP contribution in [0.25, 0.3) is 5.69 Å². The molecule has 1 aliphatic rings. The van der Waals surface area contributed by atoms with E-state index in [1.165, 1.54) is 6.26 Å². The van der Waals surface area contributed by atoms with E-state index < -0.39 is 9.84 Å². The molecule has 3 aromatic rings. The molecule has 1 saturated heterocycles. The predicted octanol–water partition coefficient (Wildman–Crippen LogP) is 4.30. The van der Waals surface area contributed by atoms with Gasteiger partial charge in [-0.15, -0.1) is 0 Å². The summed E-state index contributed by atoms with van der Waals surface area (Å²) in [6.07, 6.45) is 2.88. The average molecular weight is 453 g/mol. The van der Waals surface area contributed by atoms with E-state index in [0.29, 0.717) is 18.0 Å². The highest BCUT2D eigenvalue weighted by Crippen LogP contribution is 2.31. The maximum Gasteiger partial charge on any atom is 0.321 e. The fourth-order valence-electron chi connectivity index (χ4n) is 4.07. The number of rotatable bonds is 4. The number of hydrogen-bond acceptors (Lipinski definition) is 4. The number of urea groups is 1. The predicted molar refractivity (Wildman–Crippen MR) is 125 cm³/mol.